The summed E-state index contributed by atoms with van der Waals surface area (Å²) in [5.41, 5.74) is 7.62. The average Bonchev–Trinajstić information content (AvgIpc) is 2.72. The van der Waals surface area contributed by atoms with Gasteiger partial charge in [-0.15, -0.1) is 0 Å². The van der Waals surface area contributed by atoms with Crippen LogP contribution in [0.1, 0.15) is 13.9 Å². The van der Waals surface area contributed by atoms with Crippen molar-refractivity contribution < 1.29 is 45.3 Å². The molecule has 2 aromatic rings. The molecule has 1 heterocycles. The van der Waals surface area contributed by atoms with Crippen molar-refractivity contribution in [1.82, 2.24) is 4.98 Å². The number of carbonyl (C=O) groups is 2. The molecule has 0 aliphatic rings. The van der Waals surface area contributed by atoms with Gasteiger partial charge in [-0.25, -0.2) is 4.79 Å². The number of aromatic nitrogens is 1. The van der Waals surface area contributed by atoms with Crippen molar-refractivity contribution in [3.05, 3.63) is 36.0 Å². The van der Waals surface area contributed by atoms with Crippen molar-refractivity contribution in [2.45, 2.75) is 19.4 Å². The van der Waals surface area contributed by atoms with Gasteiger partial charge in [0.25, 0.3) is 0 Å². The van der Waals surface area contributed by atoms with Crippen LogP contribution in [0, 0.1) is 0 Å². The maximum absolute atomic E-state index is 11.4. The number of hydrogen-bond donors (Lipinski definition) is 2. The van der Waals surface area contributed by atoms with E-state index in [1.165, 1.54) is 6.92 Å². The molecule has 3 N–H and O–H groups in total. The number of H-pyrrole nitrogens is 1. The van der Waals surface area contributed by atoms with Gasteiger partial charge in [0.1, 0.15) is 6.04 Å². The minimum absolute atomic E-state index is 0. The third-order valence-corrected chi connectivity index (χ3v) is 2.66. The minimum Gasteiger partial charge on any atom is -1.00 e. The molecule has 2 rings (SSSR count). The standard InChI is InChI=1S/C13H14N2O3.Na.H/c1-8(16)18-13(17)11(14)6-9-7-15-12-5-3-2-4-10(9)12;;/h2-5,7,11,15H,6,14H2,1H3;;/q;+1;-1/t11-;;/m0../s1. The quantitative estimate of drug-likeness (QED) is 0.393. The van der Waals surface area contributed by atoms with Crippen molar-refractivity contribution in [3.63, 3.8) is 0 Å². The molecule has 1 aromatic heterocycles. The van der Waals surface area contributed by atoms with E-state index >= 15 is 0 Å². The van der Waals surface area contributed by atoms with Crippen molar-refractivity contribution in [2.24, 2.45) is 5.73 Å². The number of esters is 2. The first-order valence-electron chi connectivity index (χ1n) is 5.61. The molecule has 0 saturated carbocycles. The monoisotopic (exact) mass is 270 g/mol. The Morgan fingerprint density at radius 2 is 2.11 bits per heavy atom. The average molecular weight is 270 g/mol. The number of aromatic amines is 1. The third kappa shape index (κ3) is 3.91. The van der Waals surface area contributed by atoms with Gasteiger partial charge in [-0.3, -0.25) is 4.79 Å². The van der Waals surface area contributed by atoms with Crippen LogP contribution in [0.3, 0.4) is 0 Å². The number of benzene rings is 1. The fourth-order valence-corrected chi connectivity index (χ4v) is 1.84. The van der Waals surface area contributed by atoms with E-state index in [1.807, 2.05) is 30.5 Å². The molecule has 0 radical (unpaired) electrons. The smallest absolute Gasteiger partial charge is 1.00 e. The van der Waals surface area contributed by atoms with Gasteiger partial charge in [0, 0.05) is 30.4 Å². The van der Waals surface area contributed by atoms with Crippen LogP contribution >= 0.6 is 0 Å². The van der Waals surface area contributed by atoms with E-state index in [2.05, 4.69) is 9.72 Å². The normalized spacial score (nSPS) is 11.7. The van der Waals surface area contributed by atoms with Crippen LogP contribution in [-0.4, -0.2) is 23.0 Å². The Labute approximate surface area is 134 Å². The first kappa shape index (κ1) is 15.9. The predicted octanol–water partition coefficient (Wildman–Crippen LogP) is -1.76. The number of rotatable bonds is 3. The Kier molecular flexibility index (Phi) is 5.75. The van der Waals surface area contributed by atoms with Gasteiger partial charge in [0.2, 0.25) is 0 Å². The molecule has 0 aliphatic heterocycles. The van der Waals surface area contributed by atoms with E-state index in [0.29, 0.717) is 6.42 Å². The molecule has 5 nitrogen and oxygen atoms in total. The number of fused-ring (bicyclic) bond motifs is 1. The van der Waals surface area contributed by atoms with Gasteiger partial charge < -0.3 is 16.9 Å². The molecule has 0 bridgehead atoms. The number of nitrogens with one attached hydrogen (secondary N) is 1. The van der Waals surface area contributed by atoms with E-state index in [9.17, 15) is 9.59 Å². The van der Waals surface area contributed by atoms with Gasteiger partial charge >= 0.3 is 41.5 Å². The molecule has 19 heavy (non-hydrogen) atoms. The fourth-order valence-electron chi connectivity index (χ4n) is 1.84. The molecule has 1 aromatic carbocycles. The van der Waals surface area contributed by atoms with Gasteiger partial charge in [-0.05, 0) is 11.6 Å². The zero-order valence-electron chi connectivity index (χ0n) is 12.0. The van der Waals surface area contributed by atoms with Crippen LogP contribution in [0.15, 0.2) is 30.5 Å². The number of ether oxygens (including phenoxy) is 1. The summed E-state index contributed by atoms with van der Waals surface area (Å²) in [4.78, 5) is 25.2. The zero-order valence-corrected chi connectivity index (χ0v) is 13.0. The first-order chi connectivity index (χ1) is 8.58. The second-order valence-electron chi connectivity index (χ2n) is 4.08. The zero-order chi connectivity index (χ0) is 13.1. The van der Waals surface area contributed by atoms with E-state index in [0.717, 1.165) is 16.5 Å². The maximum Gasteiger partial charge on any atom is 1.00 e. The molecular formula is C13H15N2NaO3. The summed E-state index contributed by atoms with van der Waals surface area (Å²) in [5.74, 6) is -1.35. The summed E-state index contributed by atoms with van der Waals surface area (Å²) in [7, 11) is 0. The molecule has 96 valence electrons. The van der Waals surface area contributed by atoms with Gasteiger partial charge in [0.15, 0.2) is 0 Å². The van der Waals surface area contributed by atoms with Gasteiger partial charge in [0.05, 0.1) is 0 Å². The molecule has 0 spiro atoms. The van der Waals surface area contributed by atoms with Crippen LogP contribution < -0.4 is 35.3 Å². The maximum atomic E-state index is 11.4. The van der Waals surface area contributed by atoms with Crippen LogP contribution in [-0.2, 0) is 20.7 Å². The van der Waals surface area contributed by atoms with Crippen LogP contribution in [0.4, 0.5) is 0 Å². The van der Waals surface area contributed by atoms with Crippen molar-refractivity contribution in [1.29, 1.82) is 0 Å². The Hall–Kier alpha value is -1.14. The number of nitrogens with two attached hydrogens (primary N) is 1. The second-order valence-corrected chi connectivity index (χ2v) is 4.08. The molecule has 0 amide bonds. The van der Waals surface area contributed by atoms with Crippen LogP contribution in [0.2, 0.25) is 0 Å². The number of hydrogen-bond acceptors (Lipinski definition) is 4. The number of para-hydroxylation sites is 1. The first-order valence-corrected chi connectivity index (χ1v) is 5.61. The van der Waals surface area contributed by atoms with Crippen molar-refractivity contribution in [3.8, 4) is 0 Å². The molecule has 0 unspecified atom stereocenters. The Balaban J connectivity index is 0.00000180. The fraction of sp³-hybridized carbons (Fsp3) is 0.231. The summed E-state index contributed by atoms with van der Waals surface area (Å²) < 4.78 is 4.46. The predicted molar refractivity (Wildman–Crippen MR) is 67.9 cm³/mol. The summed E-state index contributed by atoms with van der Waals surface area (Å²) in [5, 5.41) is 1.02. The minimum atomic E-state index is -0.840. The largest absolute Gasteiger partial charge is 1.00 e. The topological polar surface area (TPSA) is 85.2 Å². The van der Waals surface area contributed by atoms with Crippen molar-refractivity contribution in [2.75, 3.05) is 0 Å². The summed E-state index contributed by atoms with van der Waals surface area (Å²) in [6.07, 6.45) is 2.14. The third-order valence-electron chi connectivity index (χ3n) is 2.66. The van der Waals surface area contributed by atoms with Crippen LogP contribution in [0.25, 0.3) is 10.9 Å². The van der Waals surface area contributed by atoms with Gasteiger partial charge in [-0.2, -0.15) is 0 Å². The number of carbonyl (C=O) groups excluding carboxylic acids is 2. The molecule has 6 heteroatoms. The van der Waals surface area contributed by atoms with E-state index in [-0.39, 0.29) is 31.0 Å². The molecule has 0 saturated heterocycles. The summed E-state index contributed by atoms with van der Waals surface area (Å²) in [6, 6.07) is 6.89. The van der Waals surface area contributed by atoms with E-state index in [4.69, 9.17) is 5.73 Å². The molecule has 1 atom stereocenters. The Morgan fingerprint density at radius 1 is 1.42 bits per heavy atom. The van der Waals surface area contributed by atoms with E-state index < -0.39 is 18.0 Å². The van der Waals surface area contributed by atoms with Crippen LogP contribution in [0.5, 0.6) is 0 Å². The molecular weight excluding hydrogens is 255 g/mol. The second kappa shape index (κ2) is 6.86. The molecule has 0 fully saturated rings. The van der Waals surface area contributed by atoms with Crippen molar-refractivity contribution >= 4 is 22.8 Å². The Bertz CT molecular complexity index is 600. The summed E-state index contributed by atoms with van der Waals surface area (Å²) >= 11 is 0. The Morgan fingerprint density at radius 3 is 2.79 bits per heavy atom. The SMILES string of the molecule is CC(=O)OC(=O)[C@@H](N)Cc1c[nH]c2ccccc12.[H-].[Na+]. The van der Waals surface area contributed by atoms with Gasteiger partial charge in [-0.1, -0.05) is 18.2 Å². The summed E-state index contributed by atoms with van der Waals surface area (Å²) in [6.45, 7) is 1.18. The molecule has 0 aliphatic carbocycles. The van der Waals surface area contributed by atoms with E-state index in [1.54, 1.807) is 0 Å².